The smallest absolute Gasteiger partial charge is 0.307 e. The highest BCUT2D eigenvalue weighted by molar-refractivity contribution is 5.72. The first kappa shape index (κ1) is 14.9. The summed E-state index contributed by atoms with van der Waals surface area (Å²) in [5.74, 6) is 0.506. The Morgan fingerprint density at radius 2 is 2.00 bits per heavy atom. The van der Waals surface area contributed by atoms with Gasteiger partial charge in [-0.05, 0) is 56.2 Å². The zero-order chi connectivity index (χ0) is 14.9. The molecule has 1 aromatic carbocycles. The predicted molar refractivity (Wildman–Crippen MR) is 79.3 cm³/mol. The van der Waals surface area contributed by atoms with Crippen molar-refractivity contribution in [1.82, 2.24) is 0 Å². The van der Waals surface area contributed by atoms with Crippen LogP contribution >= 0.6 is 0 Å². The van der Waals surface area contributed by atoms with Crippen LogP contribution in [0.3, 0.4) is 0 Å². The number of carbonyl (C=O) groups is 1. The van der Waals surface area contributed by atoms with E-state index in [2.05, 4.69) is 19.9 Å². The minimum absolute atomic E-state index is 0.0619. The van der Waals surface area contributed by atoms with Crippen LogP contribution in [0.2, 0.25) is 0 Å². The molecule has 20 heavy (non-hydrogen) atoms. The lowest BCUT2D eigenvalue weighted by Gasteiger charge is -2.34. The van der Waals surface area contributed by atoms with Gasteiger partial charge in [0.25, 0.3) is 0 Å². The Balaban J connectivity index is 2.48. The van der Waals surface area contributed by atoms with Crippen LogP contribution in [0.15, 0.2) is 12.1 Å². The molecule has 0 bridgehead atoms. The Hall–Kier alpha value is -1.51. The summed E-state index contributed by atoms with van der Waals surface area (Å²) >= 11 is 0. The second-order valence-corrected chi connectivity index (χ2v) is 6.17. The Morgan fingerprint density at radius 1 is 1.30 bits per heavy atom. The zero-order valence-corrected chi connectivity index (χ0v) is 12.8. The molecule has 1 aliphatic carbocycles. The van der Waals surface area contributed by atoms with Crippen LogP contribution in [0.4, 0.5) is 0 Å². The molecule has 0 aliphatic heterocycles. The fourth-order valence-electron chi connectivity index (χ4n) is 3.58. The molecule has 3 atom stereocenters. The molecule has 1 saturated carbocycles. The summed E-state index contributed by atoms with van der Waals surface area (Å²) in [6.45, 7) is 6.31. The number of methoxy groups -OCH3 is 1. The molecule has 0 aromatic heterocycles. The lowest BCUT2D eigenvalue weighted by molar-refractivity contribution is -0.143. The highest BCUT2D eigenvalue weighted by Crippen LogP contribution is 2.45. The molecular weight excluding hydrogens is 252 g/mol. The Labute approximate surface area is 121 Å². The SMILES string of the molecule is COc1cc(C)cc(C)c1C1CC(C)CCC1C(=O)O. The van der Waals surface area contributed by atoms with Crippen LogP contribution in [-0.2, 0) is 4.79 Å². The van der Waals surface area contributed by atoms with Gasteiger partial charge < -0.3 is 9.84 Å². The van der Waals surface area contributed by atoms with Gasteiger partial charge in [-0.1, -0.05) is 13.0 Å². The molecule has 0 amide bonds. The molecule has 1 aliphatic rings. The quantitative estimate of drug-likeness (QED) is 0.910. The van der Waals surface area contributed by atoms with E-state index in [4.69, 9.17) is 4.74 Å². The third-order valence-electron chi connectivity index (χ3n) is 4.51. The number of rotatable bonds is 3. The van der Waals surface area contributed by atoms with Crippen molar-refractivity contribution in [3.8, 4) is 5.75 Å². The Morgan fingerprint density at radius 3 is 2.60 bits per heavy atom. The molecule has 1 fully saturated rings. The standard InChI is InChI=1S/C17H24O3/c1-10-5-6-13(17(18)19)14(8-10)16-12(3)7-11(2)9-15(16)20-4/h7,9-10,13-14H,5-6,8H2,1-4H3,(H,18,19). The topological polar surface area (TPSA) is 46.5 Å². The number of ether oxygens (including phenoxy) is 1. The van der Waals surface area contributed by atoms with Crippen molar-refractivity contribution in [1.29, 1.82) is 0 Å². The molecular formula is C17H24O3. The van der Waals surface area contributed by atoms with Gasteiger partial charge in [0, 0.05) is 11.5 Å². The van der Waals surface area contributed by atoms with Gasteiger partial charge >= 0.3 is 5.97 Å². The molecule has 0 radical (unpaired) electrons. The summed E-state index contributed by atoms with van der Waals surface area (Å²) in [7, 11) is 1.67. The number of hydrogen-bond acceptors (Lipinski definition) is 2. The summed E-state index contributed by atoms with van der Waals surface area (Å²) in [4.78, 5) is 11.6. The van der Waals surface area contributed by atoms with Gasteiger partial charge in [0.2, 0.25) is 0 Å². The van der Waals surface area contributed by atoms with Crippen molar-refractivity contribution < 1.29 is 14.6 Å². The molecule has 0 spiro atoms. The Bertz CT molecular complexity index is 507. The van der Waals surface area contributed by atoms with E-state index in [1.54, 1.807) is 7.11 Å². The number of benzene rings is 1. The van der Waals surface area contributed by atoms with Crippen LogP contribution in [0.5, 0.6) is 5.75 Å². The highest BCUT2D eigenvalue weighted by atomic mass is 16.5. The van der Waals surface area contributed by atoms with Crippen molar-refractivity contribution >= 4 is 5.97 Å². The van der Waals surface area contributed by atoms with E-state index in [0.29, 0.717) is 5.92 Å². The van der Waals surface area contributed by atoms with Crippen molar-refractivity contribution in [2.75, 3.05) is 7.11 Å². The molecule has 2 rings (SSSR count). The van der Waals surface area contributed by atoms with E-state index >= 15 is 0 Å². The van der Waals surface area contributed by atoms with Gasteiger partial charge in [-0.3, -0.25) is 4.79 Å². The van der Waals surface area contributed by atoms with Gasteiger partial charge in [-0.15, -0.1) is 0 Å². The molecule has 110 valence electrons. The minimum atomic E-state index is -0.677. The second-order valence-electron chi connectivity index (χ2n) is 6.17. The van der Waals surface area contributed by atoms with Gasteiger partial charge in [-0.25, -0.2) is 0 Å². The predicted octanol–water partition coefficient (Wildman–Crippen LogP) is 3.92. The molecule has 3 nitrogen and oxygen atoms in total. The van der Waals surface area contributed by atoms with Crippen molar-refractivity contribution in [3.05, 3.63) is 28.8 Å². The van der Waals surface area contributed by atoms with Crippen molar-refractivity contribution in [3.63, 3.8) is 0 Å². The largest absolute Gasteiger partial charge is 0.496 e. The van der Waals surface area contributed by atoms with E-state index in [-0.39, 0.29) is 11.8 Å². The molecule has 0 saturated heterocycles. The first-order chi connectivity index (χ1) is 9.43. The number of carboxylic acid groups (broad SMARTS) is 1. The maximum atomic E-state index is 11.6. The van der Waals surface area contributed by atoms with Crippen LogP contribution in [0, 0.1) is 25.7 Å². The summed E-state index contributed by atoms with van der Waals surface area (Å²) < 4.78 is 5.53. The van der Waals surface area contributed by atoms with E-state index < -0.39 is 5.97 Å². The first-order valence-corrected chi connectivity index (χ1v) is 7.32. The average Bonchev–Trinajstić information content (AvgIpc) is 2.37. The molecule has 1 N–H and O–H groups in total. The van der Waals surface area contributed by atoms with Crippen LogP contribution in [0.25, 0.3) is 0 Å². The van der Waals surface area contributed by atoms with E-state index in [1.165, 1.54) is 0 Å². The fourth-order valence-corrected chi connectivity index (χ4v) is 3.58. The van der Waals surface area contributed by atoms with Gasteiger partial charge in [0.05, 0.1) is 13.0 Å². The number of aliphatic carboxylic acids is 1. The zero-order valence-electron chi connectivity index (χ0n) is 12.8. The normalized spacial score (nSPS) is 26.3. The maximum absolute atomic E-state index is 11.6. The number of aryl methyl sites for hydroxylation is 2. The molecule has 3 heteroatoms. The number of carboxylic acids is 1. The van der Waals surface area contributed by atoms with Gasteiger partial charge in [0.15, 0.2) is 0 Å². The molecule has 1 aromatic rings. The summed E-state index contributed by atoms with van der Waals surface area (Å²) in [6, 6.07) is 4.14. The average molecular weight is 276 g/mol. The van der Waals surface area contributed by atoms with E-state index in [1.807, 2.05) is 13.0 Å². The van der Waals surface area contributed by atoms with Crippen LogP contribution in [0.1, 0.15) is 48.8 Å². The van der Waals surface area contributed by atoms with E-state index in [9.17, 15) is 9.90 Å². The third-order valence-corrected chi connectivity index (χ3v) is 4.51. The lowest BCUT2D eigenvalue weighted by Crippen LogP contribution is -2.29. The maximum Gasteiger partial charge on any atom is 0.307 e. The van der Waals surface area contributed by atoms with Crippen LogP contribution in [-0.4, -0.2) is 18.2 Å². The molecule has 3 unspecified atom stereocenters. The summed E-state index contributed by atoms with van der Waals surface area (Å²) in [6.07, 6.45) is 2.69. The summed E-state index contributed by atoms with van der Waals surface area (Å²) in [5, 5.41) is 9.52. The fraction of sp³-hybridized carbons (Fsp3) is 0.588. The minimum Gasteiger partial charge on any atom is -0.496 e. The Kier molecular flexibility index (Phi) is 4.36. The van der Waals surface area contributed by atoms with Gasteiger partial charge in [-0.2, -0.15) is 0 Å². The van der Waals surface area contributed by atoms with Crippen molar-refractivity contribution in [2.45, 2.75) is 46.0 Å². The van der Waals surface area contributed by atoms with Crippen molar-refractivity contribution in [2.24, 2.45) is 11.8 Å². The van der Waals surface area contributed by atoms with Gasteiger partial charge in [0.1, 0.15) is 5.75 Å². The van der Waals surface area contributed by atoms with Crippen LogP contribution < -0.4 is 4.74 Å². The van der Waals surface area contributed by atoms with E-state index in [0.717, 1.165) is 41.7 Å². The first-order valence-electron chi connectivity index (χ1n) is 7.32. The third kappa shape index (κ3) is 2.82. The second kappa shape index (κ2) is 5.86. The monoisotopic (exact) mass is 276 g/mol. The summed E-state index contributed by atoms with van der Waals surface area (Å²) in [5.41, 5.74) is 3.39. The highest BCUT2D eigenvalue weighted by Gasteiger charge is 2.36. The molecule has 0 heterocycles. The lowest BCUT2D eigenvalue weighted by atomic mass is 9.70. The number of hydrogen-bond donors (Lipinski definition) is 1.